The van der Waals surface area contributed by atoms with E-state index < -0.39 is 12.0 Å². The molecule has 1 N–H and O–H groups in total. The summed E-state index contributed by atoms with van der Waals surface area (Å²) in [6.07, 6.45) is 2.14. The minimum absolute atomic E-state index is 0.217. The Balaban J connectivity index is 2.40. The topological polar surface area (TPSA) is 57.6 Å². The van der Waals surface area contributed by atoms with Crippen LogP contribution in [0, 0.1) is 5.92 Å². The summed E-state index contributed by atoms with van der Waals surface area (Å²) in [5.41, 5.74) is 0. The average molecular weight is 245 g/mol. The van der Waals surface area contributed by atoms with Gasteiger partial charge in [0.05, 0.1) is 6.10 Å². The fourth-order valence-corrected chi connectivity index (χ4v) is 2.24. The Bertz CT molecular complexity index is 270. The third-order valence-corrected chi connectivity index (χ3v) is 3.21. The second kappa shape index (κ2) is 6.25. The van der Waals surface area contributed by atoms with Crippen LogP contribution in [0.3, 0.4) is 0 Å². The van der Waals surface area contributed by atoms with Gasteiger partial charge in [-0.1, -0.05) is 6.42 Å². The quantitative estimate of drug-likeness (QED) is 0.407. The zero-order valence-corrected chi connectivity index (χ0v) is 10.4. The Labute approximate surface area is 101 Å². The van der Waals surface area contributed by atoms with Crippen LogP contribution in [0.2, 0.25) is 0 Å². The number of aliphatic hydroxyl groups excluding tert-OH is 1. The van der Waals surface area contributed by atoms with Crippen molar-refractivity contribution in [2.24, 2.45) is 5.92 Å². The number of carbonyl (C=O) groups excluding carboxylic acids is 2. The number of Topliss-reactive ketones (excluding diaryl/α,β-unsaturated/α-hetero) is 1. The molecule has 0 aromatic carbocycles. The number of nitrogens with zero attached hydrogens (tertiary/aromatic N) is 1. The molecule has 0 radical (unpaired) electrons. The largest absolute Gasteiger partial charge is 0.390 e. The van der Waals surface area contributed by atoms with Gasteiger partial charge < -0.3 is 10.0 Å². The molecule has 0 aromatic rings. The number of unbranched alkanes of at least 4 members (excludes halogenated alkanes) is 2. The van der Waals surface area contributed by atoms with Crippen LogP contribution in [0.5, 0.6) is 0 Å². The van der Waals surface area contributed by atoms with Crippen LogP contribution >= 0.6 is 12.6 Å². The molecule has 16 heavy (non-hydrogen) atoms. The van der Waals surface area contributed by atoms with Gasteiger partial charge >= 0.3 is 0 Å². The van der Waals surface area contributed by atoms with E-state index in [1.54, 1.807) is 4.90 Å². The van der Waals surface area contributed by atoms with Crippen LogP contribution in [-0.2, 0) is 9.59 Å². The standard InChI is InChI=1S/C11H19NO3S/c1-8(13)10-9(14)7-12(11(10)15)5-3-2-4-6-16/h9-10,14,16H,2-7H2,1H3. The Morgan fingerprint density at radius 3 is 2.69 bits per heavy atom. The summed E-state index contributed by atoms with van der Waals surface area (Å²) in [5.74, 6) is -0.432. The van der Waals surface area contributed by atoms with E-state index in [1.807, 2.05) is 0 Å². The van der Waals surface area contributed by atoms with Gasteiger partial charge in [-0.05, 0) is 25.5 Å². The molecule has 1 aliphatic rings. The monoisotopic (exact) mass is 245 g/mol. The SMILES string of the molecule is CC(=O)C1C(=O)N(CCCCCS)CC1O. The minimum atomic E-state index is -0.829. The number of likely N-dealkylation sites (tertiary alicyclic amines) is 1. The van der Waals surface area contributed by atoms with Crippen LogP contribution < -0.4 is 0 Å². The molecular weight excluding hydrogens is 226 g/mol. The highest BCUT2D eigenvalue weighted by Crippen LogP contribution is 2.20. The van der Waals surface area contributed by atoms with Gasteiger partial charge in [-0.2, -0.15) is 12.6 Å². The smallest absolute Gasteiger partial charge is 0.235 e. The summed E-state index contributed by atoms with van der Waals surface area (Å²) in [5, 5.41) is 9.61. The van der Waals surface area contributed by atoms with Crippen LogP contribution in [-0.4, -0.2) is 46.6 Å². The van der Waals surface area contributed by atoms with Crippen molar-refractivity contribution in [1.29, 1.82) is 0 Å². The lowest BCUT2D eigenvalue weighted by Crippen LogP contribution is -2.31. The molecular formula is C11H19NO3S. The molecule has 0 saturated carbocycles. The molecule has 1 heterocycles. The summed E-state index contributed by atoms with van der Waals surface area (Å²) in [4.78, 5) is 24.5. The molecule has 1 saturated heterocycles. The first-order valence-electron chi connectivity index (χ1n) is 5.66. The number of amides is 1. The number of β-amino-alcohol motifs (C(OH)–C–C–N with tert-alkyl or cyclic N) is 1. The summed E-state index contributed by atoms with van der Waals surface area (Å²) in [6.45, 7) is 2.29. The molecule has 0 aromatic heterocycles. The number of rotatable bonds is 6. The van der Waals surface area contributed by atoms with E-state index in [9.17, 15) is 14.7 Å². The first-order chi connectivity index (χ1) is 7.57. The van der Waals surface area contributed by atoms with Crippen molar-refractivity contribution in [3.05, 3.63) is 0 Å². The molecule has 0 spiro atoms. The summed E-state index contributed by atoms with van der Waals surface area (Å²) >= 11 is 4.11. The minimum Gasteiger partial charge on any atom is -0.390 e. The highest BCUT2D eigenvalue weighted by molar-refractivity contribution is 7.80. The third-order valence-electron chi connectivity index (χ3n) is 2.89. The molecule has 92 valence electrons. The molecule has 1 aliphatic heterocycles. The normalized spacial score (nSPS) is 25.2. The molecule has 1 rings (SSSR count). The zero-order chi connectivity index (χ0) is 12.1. The second-order valence-electron chi connectivity index (χ2n) is 4.22. The number of carbonyl (C=O) groups is 2. The maximum absolute atomic E-state index is 11.8. The van der Waals surface area contributed by atoms with Crippen molar-refractivity contribution in [2.75, 3.05) is 18.8 Å². The third kappa shape index (κ3) is 3.22. The van der Waals surface area contributed by atoms with Crippen LogP contribution in [0.4, 0.5) is 0 Å². The molecule has 1 amide bonds. The van der Waals surface area contributed by atoms with Gasteiger partial charge in [0.2, 0.25) is 5.91 Å². The molecule has 5 heteroatoms. The van der Waals surface area contributed by atoms with E-state index in [-0.39, 0.29) is 11.7 Å². The molecule has 1 fully saturated rings. The second-order valence-corrected chi connectivity index (χ2v) is 4.67. The Morgan fingerprint density at radius 1 is 1.50 bits per heavy atom. The van der Waals surface area contributed by atoms with E-state index in [1.165, 1.54) is 6.92 Å². The average Bonchev–Trinajstić information content (AvgIpc) is 2.49. The lowest BCUT2D eigenvalue weighted by atomic mass is 10.0. The van der Waals surface area contributed by atoms with E-state index >= 15 is 0 Å². The van der Waals surface area contributed by atoms with Crippen molar-refractivity contribution in [2.45, 2.75) is 32.3 Å². The number of hydrogen-bond acceptors (Lipinski definition) is 4. The maximum Gasteiger partial charge on any atom is 0.235 e. The van der Waals surface area contributed by atoms with Crippen molar-refractivity contribution >= 4 is 24.3 Å². The Hall–Kier alpha value is -0.550. The van der Waals surface area contributed by atoms with Gasteiger partial charge in [-0.3, -0.25) is 9.59 Å². The van der Waals surface area contributed by atoms with Crippen LogP contribution in [0.25, 0.3) is 0 Å². The van der Waals surface area contributed by atoms with Crippen LogP contribution in [0.1, 0.15) is 26.2 Å². The lowest BCUT2D eigenvalue weighted by molar-refractivity contribution is -0.137. The number of hydrogen-bond donors (Lipinski definition) is 2. The van der Waals surface area contributed by atoms with Crippen molar-refractivity contribution < 1.29 is 14.7 Å². The van der Waals surface area contributed by atoms with Crippen molar-refractivity contribution in [3.63, 3.8) is 0 Å². The molecule has 4 nitrogen and oxygen atoms in total. The Kier molecular flexibility index (Phi) is 5.28. The number of ketones is 1. The van der Waals surface area contributed by atoms with Gasteiger partial charge in [-0.15, -0.1) is 0 Å². The first-order valence-corrected chi connectivity index (χ1v) is 6.29. The van der Waals surface area contributed by atoms with Gasteiger partial charge in [0, 0.05) is 13.1 Å². The number of thiol groups is 1. The van der Waals surface area contributed by atoms with Crippen molar-refractivity contribution in [1.82, 2.24) is 4.90 Å². The van der Waals surface area contributed by atoms with E-state index in [2.05, 4.69) is 12.6 Å². The highest BCUT2D eigenvalue weighted by atomic mass is 32.1. The van der Waals surface area contributed by atoms with Crippen LogP contribution in [0.15, 0.2) is 0 Å². The Morgan fingerprint density at radius 2 is 2.19 bits per heavy atom. The highest BCUT2D eigenvalue weighted by Gasteiger charge is 2.41. The molecule has 0 bridgehead atoms. The van der Waals surface area contributed by atoms with E-state index in [4.69, 9.17) is 0 Å². The van der Waals surface area contributed by atoms with Gasteiger partial charge in [0.15, 0.2) is 0 Å². The number of aliphatic hydroxyl groups is 1. The van der Waals surface area contributed by atoms with E-state index in [0.717, 1.165) is 25.0 Å². The molecule has 0 aliphatic carbocycles. The van der Waals surface area contributed by atoms with Gasteiger partial charge in [-0.25, -0.2) is 0 Å². The predicted molar refractivity (Wildman–Crippen MR) is 64.5 cm³/mol. The summed E-state index contributed by atoms with van der Waals surface area (Å²) in [7, 11) is 0. The predicted octanol–water partition coefficient (Wildman–Crippen LogP) is 0.495. The molecule has 2 atom stereocenters. The zero-order valence-electron chi connectivity index (χ0n) is 9.56. The lowest BCUT2D eigenvalue weighted by Gasteiger charge is -2.15. The fourth-order valence-electron chi connectivity index (χ4n) is 2.02. The van der Waals surface area contributed by atoms with Crippen molar-refractivity contribution in [3.8, 4) is 0 Å². The van der Waals surface area contributed by atoms with Gasteiger partial charge in [0.25, 0.3) is 0 Å². The summed E-state index contributed by atoms with van der Waals surface area (Å²) < 4.78 is 0. The van der Waals surface area contributed by atoms with Gasteiger partial charge in [0.1, 0.15) is 11.7 Å². The summed E-state index contributed by atoms with van der Waals surface area (Å²) in [6, 6.07) is 0. The van der Waals surface area contributed by atoms with E-state index in [0.29, 0.717) is 13.1 Å². The fraction of sp³-hybridized carbons (Fsp3) is 0.818. The maximum atomic E-state index is 11.8. The molecule has 2 unspecified atom stereocenters. The first kappa shape index (κ1) is 13.5.